The number of anilines is 1. The number of fused-ring (bicyclic) bond motifs is 1. The number of carbonyl (C=O) groups is 2. The summed E-state index contributed by atoms with van der Waals surface area (Å²) < 4.78 is 47.2. The van der Waals surface area contributed by atoms with Crippen molar-refractivity contribution in [3.8, 4) is 11.6 Å². The molecular weight excluding hydrogens is 490 g/mol. The number of aryl methyl sites for hydroxylation is 1. The minimum Gasteiger partial charge on any atom is -0.486 e. The molecule has 1 aliphatic rings. The maximum atomic E-state index is 14.0. The van der Waals surface area contributed by atoms with E-state index in [2.05, 4.69) is 5.10 Å². The van der Waals surface area contributed by atoms with Crippen LogP contribution in [0.2, 0.25) is 0 Å². The van der Waals surface area contributed by atoms with Crippen LogP contribution in [0.25, 0.3) is 0 Å². The van der Waals surface area contributed by atoms with Crippen molar-refractivity contribution in [2.75, 3.05) is 18.0 Å². The molecule has 11 nitrogen and oxygen atoms in total. The van der Waals surface area contributed by atoms with E-state index < -0.39 is 39.6 Å². The van der Waals surface area contributed by atoms with Crippen LogP contribution in [0.4, 0.5) is 5.69 Å². The zero-order chi connectivity index (χ0) is 27.0. The lowest BCUT2D eigenvalue weighted by atomic mass is 10.0. The highest BCUT2D eigenvalue weighted by Crippen LogP contribution is 2.41. The standard InChI is InChI=1S/C24H33N3O8S/c1-14(23(29)30)10-17-13-27(36(31,32)21-15(2)26(6)25-22(21)33-7)18-11-16(8-9-19(18)34-17)12-20(28)35-24(3,4)5/h8-9,11,14,17H,10,12-13H2,1-7H3,(H,29,30)/t14-,17+/m1/s1. The molecule has 2 aromatic rings. The average molecular weight is 524 g/mol. The van der Waals surface area contributed by atoms with Gasteiger partial charge in [-0.15, -0.1) is 5.10 Å². The molecule has 0 spiro atoms. The van der Waals surface area contributed by atoms with E-state index in [1.807, 2.05) is 0 Å². The fourth-order valence-corrected chi connectivity index (χ4v) is 5.79. The third kappa shape index (κ3) is 5.75. The van der Waals surface area contributed by atoms with Gasteiger partial charge in [0.2, 0.25) is 0 Å². The van der Waals surface area contributed by atoms with Gasteiger partial charge in [0.05, 0.1) is 37.4 Å². The van der Waals surface area contributed by atoms with Crippen molar-refractivity contribution in [1.82, 2.24) is 9.78 Å². The predicted octanol–water partition coefficient (Wildman–Crippen LogP) is 2.69. The average Bonchev–Trinajstić information content (AvgIpc) is 3.06. The fraction of sp³-hybridized carbons (Fsp3) is 0.542. The fourth-order valence-electron chi connectivity index (χ4n) is 3.96. The molecule has 0 saturated carbocycles. The van der Waals surface area contributed by atoms with E-state index >= 15 is 0 Å². The molecule has 3 rings (SSSR count). The molecule has 1 aromatic carbocycles. The molecule has 2 heterocycles. The number of aromatic nitrogens is 2. The molecule has 0 fully saturated rings. The number of benzene rings is 1. The first-order chi connectivity index (χ1) is 16.6. The molecule has 0 radical (unpaired) electrons. The smallest absolute Gasteiger partial charge is 0.310 e. The summed E-state index contributed by atoms with van der Waals surface area (Å²) in [4.78, 5) is 23.7. The second-order valence-corrected chi connectivity index (χ2v) is 11.7. The topological polar surface area (TPSA) is 137 Å². The molecule has 0 unspecified atom stereocenters. The van der Waals surface area contributed by atoms with E-state index in [0.29, 0.717) is 11.3 Å². The van der Waals surface area contributed by atoms with Gasteiger partial charge in [-0.05, 0) is 51.8 Å². The van der Waals surface area contributed by atoms with Gasteiger partial charge in [0.15, 0.2) is 4.90 Å². The van der Waals surface area contributed by atoms with Crippen LogP contribution in [0, 0.1) is 12.8 Å². The molecular formula is C24H33N3O8S. The van der Waals surface area contributed by atoms with Crippen molar-refractivity contribution in [3.05, 3.63) is 29.5 Å². The van der Waals surface area contributed by atoms with Gasteiger partial charge in [-0.1, -0.05) is 13.0 Å². The van der Waals surface area contributed by atoms with E-state index in [1.54, 1.807) is 52.9 Å². The van der Waals surface area contributed by atoms with Crippen molar-refractivity contribution in [3.63, 3.8) is 0 Å². The first kappa shape index (κ1) is 27.3. The van der Waals surface area contributed by atoms with Gasteiger partial charge in [-0.3, -0.25) is 18.6 Å². The summed E-state index contributed by atoms with van der Waals surface area (Å²) in [6, 6.07) is 4.82. The van der Waals surface area contributed by atoms with Crippen molar-refractivity contribution in [1.29, 1.82) is 0 Å². The van der Waals surface area contributed by atoms with Crippen LogP contribution in [-0.4, -0.2) is 60.6 Å². The van der Waals surface area contributed by atoms with Crippen molar-refractivity contribution < 1.29 is 37.3 Å². The molecule has 0 saturated heterocycles. The van der Waals surface area contributed by atoms with Gasteiger partial charge < -0.3 is 19.3 Å². The predicted molar refractivity (Wildman–Crippen MR) is 131 cm³/mol. The summed E-state index contributed by atoms with van der Waals surface area (Å²) in [5, 5.41) is 13.5. The number of carboxylic acids is 1. The first-order valence-corrected chi connectivity index (χ1v) is 12.9. The summed E-state index contributed by atoms with van der Waals surface area (Å²) in [7, 11) is -1.26. The number of methoxy groups -OCH3 is 1. The molecule has 0 bridgehead atoms. The van der Waals surface area contributed by atoms with Gasteiger partial charge in [0.1, 0.15) is 17.5 Å². The van der Waals surface area contributed by atoms with Gasteiger partial charge in [0, 0.05) is 7.05 Å². The Morgan fingerprint density at radius 3 is 2.56 bits per heavy atom. The maximum absolute atomic E-state index is 14.0. The minimum absolute atomic E-state index is 0.0524. The molecule has 2 atom stereocenters. The zero-order valence-corrected chi connectivity index (χ0v) is 22.4. The quantitative estimate of drug-likeness (QED) is 0.518. The lowest BCUT2D eigenvalue weighted by molar-refractivity contribution is -0.154. The molecule has 1 aromatic heterocycles. The highest BCUT2D eigenvalue weighted by molar-refractivity contribution is 7.93. The Balaban J connectivity index is 2.07. The molecule has 198 valence electrons. The summed E-state index contributed by atoms with van der Waals surface area (Å²) >= 11 is 0. The lowest BCUT2D eigenvalue weighted by Crippen LogP contribution is -2.44. The SMILES string of the molecule is COc1nn(C)c(C)c1S(=O)(=O)N1C[C@H](C[C@@H](C)C(=O)O)Oc2ccc(CC(=O)OC(C)(C)C)cc21. The number of rotatable bonds is 8. The second-order valence-electron chi connectivity index (χ2n) is 9.86. The zero-order valence-electron chi connectivity index (χ0n) is 21.6. The number of nitrogens with zero attached hydrogens (tertiary/aromatic N) is 3. The number of esters is 1. The number of aliphatic carboxylic acids is 1. The molecule has 0 amide bonds. The maximum Gasteiger partial charge on any atom is 0.310 e. The number of carbonyl (C=O) groups excluding carboxylic acids is 1. The summed E-state index contributed by atoms with van der Waals surface area (Å²) in [6.07, 6.45) is -0.672. The van der Waals surface area contributed by atoms with Crippen LogP contribution in [-0.2, 0) is 37.8 Å². The molecule has 0 aliphatic carbocycles. The van der Waals surface area contributed by atoms with Gasteiger partial charge >= 0.3 is 11.9 Å². The van der Waals surface area contributed by atoms with E-state index in [-0.39, 0.29) is 41.6 Å². The van der Waals surface area contributed by atoms with Crippen LogP contribution in [0.3, 0.4) is 0 Å². The molecule has 1 aliphatic heterocycles. The van der Waals surface area contributed by atoms with E-state index in [0.717, 1.165) is 0 Å². The van der Waals surface area contributed by atoms with Crippen LogP contribution >= 0.6 is 0 Å². The highest BCUT2D eigenvalue weighted by Gasteiger charge is 2.39. The number of ether oxygens (including phenoxy) is 3. The summed E-state index contributed by atoms with van der Waals surface area (Å²) in [5.41, 5.74) is 0.492. The Morgan fingerprint density at radius 1 is 1.31 bits per heavy atom. The first-order valence-electron chi connectivity index (χ1n) is 11.5. The monoisotopic (exact) mass is 523 g/mol. The second kappa shape index (κ2) is 10.00. The lowest BCUT2D eigenvalue weighted by Gasteiger charge is -2.36. The number of sulfonamides is 1. The largest absolute Gasteiger partial charge is 0.486 e. The van der Waals surface area contributed by atoms with Crippen molar-refractivity contribution in [2.24, 2.45) is 13.0 Å². The minimum atomic E-state index is -4.21. The number of hydrogen-bond acceptors (Lipinski definition) is 8. The summed E-state index contributed by atoms with van der Waals surface area (Å²) in [5.74, 6) is -1.99. The molecule has 12 heteroatoms. The van der Waals surface area contributed by atoms with Crippen LogP contribution in [0.15, 0.2) is 23.1 Å². The normalized spacial score (nSPS) is 16.6. The Hall–Kier alpha value is -3.28. The van der Waals surface area contributed by atoms with Crippen molar-refractivity contribution >= 4 is 27.6 Å². The van der Waals surface area contributed by atoms with Gasteiger partial charge in [-0.25, -0.2) is 8.42 Å². The Morgan fingerprint density at radius 2 is 1.97 bits per heavy atom. The number of hydrogen-bond donors (Lipinski definition) is 1. The Bertz CT molecular complexity index is 1260. The number of carboxylic acid groups (broad SMARTS) is 1. The third-order valence-electron chi connectivity index (χ3n) is 5.75. The Labute approximate surface area is 211 Å². The Kier molecular flexibility index (Phi) is 7.58. The van der Waals surface area contributed by atoms with Gasteiger partial charge in [0.25, 0.3) is 15.9 Å². The molecule has 36 heavy (non-hydrogen) atoms. The van der Waals surface area contributed by atoms with Gasteiger partial charge in [-0.2, -0.15) is 0 Å². The highest BCUT2D eigenvalue weighted by atomic mass is 32.2. The van der Waals surface area contributed by atoms with Crippen LogP contribution < -0.4 is 13.8 Å². The summed E-state index contributed by atoms with van der Waals surface area (Å²) in [6.45, 7) is 8.33. The molecule has 1 N–H and O–H groups in total. The third-order valence-corrected chi connectivity index (χ3v) is 7.66. The van der Waals surface area contributed by atoms with E-state index in [4.69, 9.17) is 14.2 Å². The van der Waals surface area contributed by atoms with Crippen LogP contribution in [0.5, 0.6) is 11.6 Å². The van der Waals surface area contributed by atoms with E-state index in [9.17, 15) is 23.1 Å². The van der Waals surface area contributed by atoms with Crippen molar-refractivity contribution in [2.45, 2.75) is 64.1 Å². The van der Waals surface area contributed by atoms with E-state index in [1.165, 1.54) is 23.0 Å². The van der Waals surface area contributed by atoms with Crippen LogP contribution in [0.1, 0.15) is 45.4 Å².